The molecule has 0 saturated heterocycles. The molecule has 0 fully saturated rings. The van der Waals surface area contributed by atoms with Gasteiger partial charge >= 0.3 is 0 Å². The summed E-state index contributed by atoms with van der Waals surface area (Å²) in [6.07, 6.45) is 5.60. The predicted molar refractivity (Wildman–Crippen MR) is 125 cm³/mol. The first-order valence-corrected chi connectivity index (χ1v) is 12.9. The Morgan fingerprint density at radius 1 is 0.963 bits per heavy atom. The van der Waals surface area contributed by atoms with Gasteiger partial charge in [0.25, 0.3) is 8.32 Å². The van der Waals surface area contributed by atoms with Crippen molar-refractivity contribution in [2.75, 3.05) is 11.9 Å². The molecule has 0 spiro atoms. The van der Waals surface area contributed by atoms with E-state index in [0.29, 0.717) is 0 Å². The van der Waals surface area contributed by atoms with Crippen LogP contribution < -0.4 is 10.4 Å². The van der Waals surface area contributed by atoms with Crippen molar-refractivity contribution in [2.24, 2.45) is 0 Å². The number of hydrogen-bond acceptors (Lipinski definition) is 1. The lowest BCUT2D eigenvalue weighted by Gasteiger charge is -2.43. The SMILES string of the molecule is C/C(=C\CCBr)CCCO[Si](c1ccccc1)(c1ccccc1)C(C)(C)C. The third-order valence-electron chi connectivity index (χ3n) is 5.05. The van der Waals surface area contributed by atoms with Crippen molar-refractivity contribution >= 4 is 34.6 Å². The molecule has 2 aromatic carbocycles. The largest absolute Gasteiger partial charge is 0.407 e. The molecule has 0 bridgehead atoms. The maximum absolute atomic E-state index is 6.92. The van der Waals surface area contributed by atoms with Crippen molar-refractivity contribution in [3.05, 3.63) is 72.3 Å². The van der Waals surface area contributed by atoms with E-state index in [1.807, 2.05) is 0 Å². The Bertz CT molecular complexity index is 665. The second-order valence-electron chi connectivity index (χ2n) is 8.14. The summed E-state index contributed by atoms with van der Waals surface area (Å²) in [5.41, 5.74) is 1.46. The molecular weight excluding hydrogens is 412 g/mol. The van der Waals surface area contributed by atoms with Gasteiger partial charge in [-0.05, 0) is 41.6 Å². The number of alkyl halides is 1. The van der Waals surface area contributed by atoms with Crippen LogP contribution in [0.3, 0.4) is 0 Å². The Kier molecular flexibility index (Phi) is 8.52. The molecule has 0 aliphatic rings. The molecule has 146 valence electrons. The molecule has 0 unspecified atom stereocenters. The van der Waals surface area contributed by atoms with E-state index in [9.17, 15) is 0 Å². The maximum Gasteiger partial charge on any atom is 0.261 e. The van der Waals surface area contributed by atoms with Crippen molar-refractivity contribution < 1.29 is 4.43 Å². The van der Waals surface area contributed by atoms with Gasteiger partial charge in [-0.3, -0.25) is 0 Å². The highest BCUT2D eigenvalue weighted by molar-refractivity contribution is 9.09. The van der Waals surface area contributed by atoms with Gasteiger partial charge in [0, 0.05) is 11.9 Å². The van der Waals surface area contributed by atoms with E-state index in [-0.39, 0.29) is 5.04 Å². The van der Waals surface area contributed by atoms with E-state index >= 15 is 0 Å². The first-order valence-electron chi connectivity index (χ1n) is 9.88. The molecule has 0 amide bonds. The number of halogens is 1. The van der Waals surface area contributed by atoms with E-state index < -0.39 is 8.32 Å². The van der Waals surface area contributed by atoms with Crippen LogP contribution in [0.15, 0.2) is 72.3 Å². The van der Waals surface area contributed by atoms with Crippen molar-refractivity contribution in [1.29, 1.82) is 0 Å². The molecular formula is C24H33BrOSi. The average molecular weight is 446 g/mol. The molecule has 0 atom stereocenters. The van der Waals surface area contributed by atoms with Gasteiger partial charge in [-0.15, -0.1) is 0 Å². The van der Waals surface area contributed by atoms with Gasteiger partial charge in [0.05, 0.1) is 0 Å². The number of hydrogen-bond donors (Lipinski definition) is 0. The highest BCUT2D eigenvalue weighted by Gasteiger charge is 2.49. The normalized spacial score (nSPS) is 13.0. The first-order chi connectivity index (χ1) is 12.9. The minimum absolute atomic E-state index is 0.0521. The van der Waals surface area contributed by atoms with E-state index in [1.54, 1.807) is 0 Å². The molecule has 2 aromatic rings. The van der Waals surface area contributed by atoms with Gasteiger partial charge in [0.1, 0.15) is 0 Å². The summed E-state index contributed by atoms with van der Waals surface area (Å²) in [4.78, 5) is 0. The van der Waals surface area contributed by atoms with Crippen LogP contribution in [0.5, 0.6) is 0 Å². The van der Waals surface area contributed by atoms with Crippen LogP contribution in [0.25, 0.3) is 0 Å². The van der Waals surface area contributed by atoms with E-state index in [0.717, 1.165) is 31.2 Å². The molecule has 1 nitrogen and oxygen atoms in total. The van der Waals surface area contributed by atoms with Gasteiger partial charge in [-0.25, -0.2) is 0 Å². The topological polar surface area (TPSA) is 9.23 Å². The van der Waals surface area contributed by atoms with Crippen molar-refractivity contribution in [3.63, 3.8) is 0 Å². The molecule has 0 saturated carbocycles. The summed E-state index contributed by atoms with van der Waals surface area (Å²) in [5.74, 6) is 0. The lowest BCUT2D eigenvalue weighted by Crippen LogP contribution is -2.66. The number of rotatable bonds is 9. The van der Waals surface area contributed by atoms with Crippen molar-refractivity contribution in [2.45, 2.75) is 52.0 Å². The van der Waals surface area contributed by atoms with Crippen LogP contribution >= 0.6 is 15.9 Å². The number of benzene rings is 2. The zero-order valence-electron chi connectivity index (χ0n) is 17.2. The van der Waals surface area contributed by atoms with Crippen LogP contribution in [-0.4, -0.2) is 20.3 Å². The van der Waals surface area contributed by atoms with E-state index in [2.05, 4.69) is 110 Å². The molecule has 0 aromatic heterocycles. The first kappa shape index (κ1) is 22.1. The van der Waals surface area contributed by atoms with Gasteiger partial charge in [0.2, 0.25) is 0 Å². The monoisotopic (exact) mass is 444 g/mol. The van der Waals surface area contributed by atoms with Gasteiger partial charge in [0.15, 0.2) is 0 Å². The summed E-state index contributed by atoms with van der Waals surface area (Å²) >= 11 is 3.50. The fourth-order valence-corrected chi connectivity index (χ4v) is 8.58. The minimum Gasteiger partial charge on any atom is -0.407 e. The Morgan fingerprint density at radius 3 is 1.93 bits per heavy atom. The van der Waals surface area contributed by atoms with Crippen LogP contribution in [0.4, 0.5) is 0 Å². The van der Waals surface area contributed by atoms with Gasteiger partial charge in [-0.1, -0.05) is 109 Å². The van der Waals surface area contributed by atoms with Crippen LogP contribution in [0.1, 0.15) is 47.0 Å². The third kappa shape index (κ3) is 5.66. The van der Waals surface area contributed by atoms with Crippen LogP contribution in [0.2, 0.25) is 5.04 Å². The zero-order chi connectivity index (χ0) is 19.8. The minimum atomic E-state index is -2.37. The van der Waals surface area contributed by atoms with E-state index in [4.69, 9.17) is 4.43 Å². The molecule has 0 heterocycles. The van der Waals surface area contributed by atoms with Crippen LogP contribution in [0, 0.1) is 0 Å². The summed E-state index contributed by atoms with van der Waals surface area (Å²) in [5, 5.41) is 3.80. The zero-order valence-corrected chi connectivity index (χ0v) is 19.8. The maximum atomic E-state index is 6.92. The summed E-state index contributed by atoms with van der Waals surface area (Å²) in [6.45, 7) is 10.0. The number of allylic oxidation sites excluding steroid dienone is 2. The Hall–Kier alpha value is -1.16. The summed E-state index contributed by atoms with van der Waals surface area (Å²) < 4.78 is 6.92. The molecule has 0 aliphatic heterocycles. The average Bonchev–Trinajstić information content (AvgIpc) is 2.67. The molecule has 27 heavy (non-hydrogen) atoms. The Labute approximate surface area is 175 Å². The molecule has 3 heteroatoms. The Morgan fingerprint density at radius 2 is 1.48 bits per heavy atom. The molecule has 0 aliphatic carbocycles. The lowest BCUT2D eigenvalue weighted by molar-refractivity contribution is 0.292. The fourth-order valence-electron chi connectivity index (χ4n) is 3.74. The predicted octanol–water partition coefficient (Wildman–Crippen LogP) is 6.07. The summed E-state index contributed by atoms with van der Waals surface area (Å²) in [6, 6.07) is 21.8. The van der Waals surface area contributed by atoms with E-state index in [1.165, 1.54) is 15.9 Å². The Balaban J connectivity index is 2.30. The molecule has 0 N–H and O–H groups in total. The third-order valence-corrected chi connectivity index (χ3v) is 10.6. The molecule has 0 radical (unpaired) electrons. The summed E-state index contributed by atoms with van der Waals surface area (Å²) in [7, 11) is -2.37. The smallest absolute Gasteiger partial charge is 0.261 e. The van der Waals surface area contributed by atoms with Crippen molar-refractivity contribution in [1.82, 2.24) is 0 Å². The van der Waals surface area contributed by atoms with Crippen LogP contribution in [-0.2, 0) is 4.43 Å². The highest BCUT2D eigenvalue weighted by Crippen LogP contribution is 2.36. The fraction of sp³-hybridized carbons (Fsp3) is 0.417. The quantitative estimate of drug-likeness (QED) is 0.197. The second-order valence-corrected chi connectivity index (χ2v) is 13.2. The lowest BCUT2D eigenvalue weighted by atomic mass is 10.1. The van der Waals surface area contributed by atoms with Gasteiger partial charge in [-0.2, -0.15) is 0 Å². The second kappa shape index (κ2) is 10.4. The standard InChI is InChI=1S/C24H33BrOSi/c1-21(13-11-19-25)14-12-20-26-27(24(2,3)4,22-15-7-5-8-16-22)23-17-9-6-10-18-23/h5-10,13,15-18H,11-12,14,19-20H2,1-4H3/b21-13+. The van der Waals surface area contributed by atoms with Crippen molar-refractivity contribution in [3.8, 4) is 0 Å². The van der Waals surface area contributed by atoms with Gasteiger partial charge < -0.3 is 4.43 Å². The molecule has 2 rings (SSSR count). The highest BCUT2D eigenvalue weighted by atomic mass is 79.9.